The summed E-state index contributed by atoms with van der Waals surface area (Å²) in [5.74, 6) is -0.388. The van der Waals surface area contributed by atoms with Crippen molar-refractivity contribution in [2.45, 2.75) is 38.7 Å². The Morgan fingerprint density at radius 1 is 0.969 bits per heavy atom. The minimum absolute atomic E-state index is 0.0723. The number of hydrogen-bond donors (Lipinski definition) is 2. The van der Waals surface area contributed by atoms with Gasteiger partial charge in [0.1, 0.15) is 5.75 Å². The number of nitrogens with one attached hydrogen (secondary N) is 1. The highest BCUT2D eigenvalue weighted by atomic mass is 19.4. The zero-order valence-electron chi connectivity index (χ0n) is 17.2. The zero-order valence-corrected chi connectivity index (χ0v) is 17.2. The molecule has 11 heteroatoms. The molecule has 2 aromatic carbocycles. The van der Waals surface area contributed by atoms with Crippen LogP contribution in [0.2, 0.25) is 0 Å². The van der Waals surface area contributed by atoms with E-state index in [4.69, 9.17) is 0 Å². The summed E-state index contributed by atoms with van der Waals surface area (Å²) in [4.78, 5) is 1.03. The van der Waals surface area contributed by atoms with Gasteiger partial charge in [-0.1, -0.05) is 26.0 Å². The Labute approximate surface area is 180 Å². The van der Waals surface area contributed by atoms with E-state index in [-0.39, 0.29) is 17.3 Å². The molecule has 0 heterocycles. The third-order valence-electron chi connectivity index (χ3n) is 4.24. The zero-order chi connectivity index (χ0) is 24.1. The van der Waals surface area contributed by atoms with Crippen LogP contribution in [0.15, 0.2) is 48.5 Å². The SMILES string of the molecule is CC(C)CNc1cccc(N(CC(O)C(F)(F)F)c2cccc(OC(F)(F)C(F)F)c2)c1. The van der Waals surface area contributed by atoms with E-state index in [2.05, 4.69) is 10.1 Å². The number of nitrogens with zero attached hydrogens (tertiary/aromatic N) is 1. The summed E-state index contributed by atoms with van der Waals surface area (Å²) >= 11 is 0. The average Bonchev–Trinajstić information content (AvgIpc) is 2.69. The molecule has 0 aliphatic carbocycles. The van der Waals surface area contributed by atoms with Gasteiger partial charge in [0, 0.05) is 29.7 Å². The highest BCUT2D eigenvalue weighted by Crippen LogP contribution is 2.34. The van der Waals surface area contributed by atoms with E-state index in [1.54, 1.807) is 12.1 Å². The van der Waals surface area contributed by atoms with Crippen molar-refractivity contribution in [3.05, 3.63) is 48.5 Å². The number of anilines is 3. The van der Waals surface area contributed by atoms with Crippen molar-refractivity contribution >= 4 is 17.1 Å². The summed E-state index contributed by atoms with van der Waals surface area (Å²) < 4.78 is 94.6. The Morgan fingerprint density at radius 3 is 2.12 bits per heavy atom. The summed E-state index contributed by atoms with van der Waals surface area (Å²) in [6.07, 6.45) is -16.6. The van der Waals surface area contributed by atoms with Crippen LogP contribution in [0.4, 0.5) is 47.8 Å². The van der Waals surface area contributed by atoms with E-state index >= 15 is 0 Å². The Balaban J connectivity index is 2.42. The molecule has 0 saturated heterocycles. The van der Waals surface area contributed by atoms with Crippen LogP contribution in [0.25, 0.3) is 0 Å². The van der Waals surface area contributed by atoms with Gasteiger partial charge in [-0.2, -0.15) is 30.7 Å². The highest BCUT2D eigenvalue weighted by molar-refractivity contribution is 5.68. The largest absolute Gasteiger partial charge is 0.461 e. The van der Waals surface area contributed by atoms with E-state index in [0.29, 0.717) is 12.2 Å². The van der Waals surface area contributed by atoms with E-state index in [0.717, 1.165) is 17.0 Å². The summed E-state index contributed by atoms with van der Waals surface area (Å²) in [5, 5.41) is 12.7. The minimum atomic E-state index is -4.94. The first-order chi connectivity index (χ1) is 14.8. The van der Waals surface area contributed by atoms with Gasteiger partial charge >= 0.3 is 18.7 Å². The van der Waals surface area contributed by atoms with Crippen LogP contribution in [-0.2, 0) is 0 Å². The van der Waals surface area contributed by atoms with E-state index in [1.165, 1.54) is 24.3 Å². The van der Waals surface area contributed by atoms with Crippen molar-refractivity contribution in [2.24, 2.45) is 5.92 Å². The van der Waals surface area contributed by atoms with E-state index in [1.807, 2.05) is 13.8 Å². The fraction of sp³-hybridized carbons (Fsp3) is 0.429. The van der Waals surface area contributed by atoms with Gasteiger partial charge < -0.3 is 20.1 Å². The smallest absolute Gasteiger partial charge is 0.428 e. The minimum Gasteiger partial charge on any atom is -0.428 e. The topological polar surface area (TPSA) is 44.7 Å². The molecule has 178 valence electrons. The summed E-state index contributed by atoms with van der Waals surface area (Å²) in [5.41, 5.74) is 0.719. The maximum atomic E-state index is 13.3. The fourth-order valence-corrected chi connectivity index (χ4v) is 2.66. The molecule has 32 heavy (non-hydrogen) atoms. The normalized spacial score (nSPS) is 13.4. The lowest BCUT2D eigenvalue weighted by Crippen LogP contribution is -2.39. The van der Waals surface area contributed by atoms with Crippen LogP contribution in [-0.4, -0.2) is 43.0 Å². The number of aliphatic hydroxyl groups excluding tert-OH is 1. The summed E-state index contributed by atoms with van der Waals surface area (Å²) in [6, 6.07) is 10.6. The Bertz CT molecular complexity index is 875. The first-order valence-corrected chi connectivity index (χ1v) is 9.61. The number of halogens is 7. The maximum Gasteiger partial charge on any atom is 0.461 e. The Hall–Kier alpha value is -2.69. The molecule has 0 fully saturated rings. The molecule has 4 nitrogen and oxygen atoms in total. The van der Waals surface area contributed by atoms with Crippen LogP contribution in [0.1, 0.15) is 13.8 Å². The van der Waals surface area contributed by atoms with Crippen LogP contribution in [0.5, 0.6) is 5.75 Å². The van der Waals surface area contributed by atoms with Crippen LogP contribution < -0.4 is 15.0 Å². The van der Waals surface area contributed by atoms with Crippen molar-refractivity contribution in [1.82, 2.24) is 0 Å². The van der Waals surface area contributed by atoms with Gasteiger partial charge in [0.15, 0.2) is 6.10 Å². The molecule has 1 unspecified atom stereocenters. The van der Waals surface area contributed by atoms with Crippen molar-refractivity contribution in [3.63, 3.8) is 0 Å². The first kappa shape index (κ1) is 25.6. The molecule has 2 N–H and O–H groups in total. The van der Waals surface area contributed by atoms with Gasteiger partial charge in [0.05, 0.1) is 6.54 Å². The molecule has 2 rings (SSSR count). The molecule has 0 aliphatic rings. The van der Waals surface area contributed by atoms with Gasteiger partial charge in [-0.15, -0.1) is 0 Å². The quantitative estimate of drug-likeness (QED) is 0.417. The molecule has 1 atom stereocenters. The molecule has 2 aromatic rings. The number of ether oxygens (including phenoxy) is 1. The van der Waals surface area contributed by atoms with Crippen molar-refractivity contribution in [3.8, 4) is 5.75 Å². The maximum absolute atomic E-state index is 13.3. The second-order valence-corrected chi connectivity index (χ2v) is 7.46. The van der Waals surface area contributed by atoms with Crippen LogP contribution in [0, 0.1) is 5.92 Å². The predicted molar refractivity (Wildman–Crippen MR) is 107 cm³/mol. The standard InChI is InChI=1S/C21H23F7N2O2/c1-13(2)11-29-14-5-3-6-15(9-14)30(12-18(31)20(24,25)26)16-7-4-8-17(10-16)32-21(27,28)19(22)23/h3-10,13,18-19,29,31H,11-12H2,1-2H3. The van der Waals surface area contributed by atoms with Gasteiger partial charge in [-0.05, 0) is 36.2 Å². The molecular weight excluding hydrogens is 445 g/mol. The average molecular weight is 468 g/mol. The molecule has 0 radical (unpaired) electrons. The first-order valence-electron chi connectivity index (χ1n) is 9.61. The molecule has 0 saturated carbocycles. The Kier molecular flexibility index (Phi) is 8.22. The molecular formula is C21H23F7N2O2. The number of alkyl halides is 7. The summed E-state index contributed by atoms with van der Waals surface area (Å²) in [6.45, 7) is 3.54. The number of aliphatic hydroxyl groups is 1. The Morgan fingerprint density at radius 2 is 1.56 bits per heavy atom. The van der Waals surface area contributed by atoms with Crippen LogP contribution in [0.3, 0.4) is 0 Å². The van der Waals surface area contributed by atoms with Crippen molar-refractivity contribution in [1.29, 1.82) is 0 Å². The lowest BCUT2D eigenvalue weighted by atomic mass is 10.1. The summed E-state index contributed by atoms with van der Waals surface area (Å²) in [7, 11) is 0. The molecule has 0 spiro atoms. The molecule has 0 bridgehead atoms. The molecule has 0 aliphatic heterocycles. The van der Waals surface area contributed by atoms with Gasteiger partial charge in [0.25, 0.3) is 0 Å². The van der Waals surface area contributed by atoms with Crippen molar-refractivity contribution < 1.29 is 40.6 Å². The lowest BCUT2D eigenvalue weighted by molar-refractivity contribution is -0.253. The van der Waals surface area contributed by atoms with Gasteiger partial charge in [-0.3, -0.25) is 0 Å². The third kappa shape index (κ3) is 7.18. The van der Waals surface area contributed by atoms with Gasteiger partial charge in [0.2, 0.25) is 0 Å². The number of rotatable bonds is 10. The second kappa shape index (κ2) is 10.3. The van der Waals surface area contributed by atoms with Gasteiger partial charge in [-0.25, -0.2) is 0 Å². The van der Waals surface area contributed by atoms with Crippen molar-refractivity contribution in [2.75, 3.05) is 23.3 Å². The lowest BCUT2D eigenvalue weighted by Gasteiger charge is -2.29. The third-order valence-corrected chi connectivity index (χ3v) is 4.24. The van der Waals surface area contributed by atoms with E-state index < -0.39 is 37.1 Å². The predicted octanol–water partition coefficient (Wildman–Crippen LogP) is 6.05. The second-order valence-electron chi connectivity index (χ2n) is 7.46. The fourth-order valence-electron chi connectivity index (χ4n) is 2.66. The molecule has 0 amide bonds. The highest BCUT2D eigenvalue weighted by Gasteiger charge is 2.44. The molecule has 0 aromatic heterocycles. The number of hydrogen-bond acceptors (Lipinski definition) is 4. The number of benzene rings is 2. The van der Waals surface area contributed by atoms with E-state index in [9.17, 15) is 35.8 Å². The van der Waals surface area contributed by atoms with Crippen LogP contribution >= 0.6 is 0 Å². The monoisotopic (exact) mass is 468 g/mol.